The Labute approximate surface area is 284 Å². The normalized spacial score (nSPS) is 20.8. The van der Waals surface area contributed by atoms with Crippen molar-refractivity contribution in [3.8, 4) is 11.5 Å². The fraction of sp³-hybridized carbons (Fsp3) is 0.676. The molecular weight excluding hydrogens is 778 g/mol. The molecule has 0 saturated carbocycles. The third-order valence-electron chi connectivity index (χ3n) is 9.50. The fourth-order valence-electron chi connectivity index (χ4n) is 6.44. The van der Waals surface area contributed by atoms with E-state index in [1.54, 1.807) is 0 Å². The molecule has 2 atom stereocenters. The summed E-state index contributed by atoms with van der Waals surface area (Å²) in [6.45, 7) is 16.0. The molecule has 0 radical (unpaired) electrons. The van der Waals surface area contributed by atoms with E-state index in [4.69, 9.17) is 21.8 Å². The van der Waals surface area contributed by atoms with E-state index in [0.717, 1.165) is 11.5 Å². The van der Waals surface area contributed by atoms with Crippen LogP contribution in [0.1, 0.15) is 104 Å². The number of ether oxygens (including phenoxy) is 2. The number of benzene rings is 2. The molecule has 2 heterocycles. The molecule has 2 fully saturated rings. The summed E-state index contributed by atoms with van der Waals surface area (Å²) in [7, 11) is 0. The molecule has 2 aliphatic rings. The second-order valence-electron chi connectivity index (χ2n) is 13.6. The van der Waals surface area contributed by atoms with Gasteiger partial charge in [-0.25, -0.2) is 0 Å². The molecule has 2 unspecified atom stereocenters. The summed E-state index contributed by atoms with van der Waals surface area (Å²) in [6.07, 6.45) is 9.78. The van der Waals surface area contributed by atoms with Gasteiger partial charge in [-0.05, 0) is 0 Å². The second-order valence-corrected chi connectivity index (χ2v) is 32.7. The van der Waals surface area contributed by atoms with Crippen LogP contribution in [-0.4, -0.2) is 77.0 Å². The number of hydrogen-bond donors (Lipinski definition) is 0. The molecule has 45 heavy (non-hydrogen) atoms. The van der Waals surface area contributed by atoms with Crippen LogP contribution in [-0.2, 0) is 17.7 Å². The molecule has 0 aromatic heterocycles. The van der Waals surface area contributed by atoms with Gasteiger partial charge in [0, 0.05) is 0 Å². The Balaban J connectivity index is 1.26. The van der Waals surface area contributed by atoms with E-state index in [9.17, 15) is 0 Å². The van der Waals surface area contributed by atoms with Crippen molar-refractivity contribution in [1.29, 1.82) is 0 Å². The fourth-order valence-corrected chi connectivity index (χ4v) is 28.5. The predicted molar refractivity (Wildman–Crippen MR) is 188 cm³/mol. The van der Waals surface area contributed by atoms with Crippen LogP contribution in [0.3, 0.4) is 0 Å². The van der Waals surface area contributed by atoms with Gasteiger partial charge in [-0.3, -0.25) is 0 Å². The summed E-state index contributed by atoms with van der Waals surface area (Å²) in [6, 6.07) is 17.1. The van der Waals surface area contributed by atoms with Gasteiger partial charge in [-0.15, -0.1) is 0 Å². The van der Waals surface area contributed by atoms with E-state index in [-0.39, 0.29) is 17.6 Å². The quantitative estimate of drug-likeness (QED) is 0.124. The van der Waals surface area contributed by atoms with Gasteiger partial charge in [0.15, 0.2) is 0 Å². The molecule has 252 valence electrons. The van der Waals surface area contributed by atoms with E-state index in [1.807, 2.05) is 0 Å². The second kappa shape index (κ2) is 18.3. The summed E-state index contributed by atoms with van der Waals surface area (Å²) in [5.74, 6) is 1.76. The van der Waals surface area contributed by atoms with Gasteiger partial charge in [0.25, 0.3) is 0 Å². The number of rotatable bonds is 20. The Bertz CT molecular complexity index is 1020. The molecule has 0 N–H and O–H groups in total. The van der Waals surface area contributed by atoms with Crippen molar-refractivity contribution in [3.63, 3.8) is 0 Å². The van der Waals surface area contributed by atoms with Gasteiger partial charge in [0.2, 0.25) is 0 Å². The standard InChI is InChI=1S/C21H24O6.4C4H9.2Sn/c1-21(2,15-3-7-19(8-4-15)26-13-17(24)11-22)16-5-9-20(10-6-16)27-14-18(25)12-23;4*1-3-4-2;;/h3-10,17-18H,11-14H2,1-2H3;4*1,3-4H2,2H3;;/q-4;;;;;2*+2. The summed E-state index contributed by atoms with van der Waals surface area (Å²) in [5.41, 5.74) is 2.34. The van der Waals surface area contributed by atoms with Crippen molar-refractivity contribution in [3.05, 3.63) is 59.7 Å². The van der Waals surface area contributed by atoms with Crippen LogP contribution in [0.2, 0.25) is 17.7 Å². The molecule has 2 saturated heterocycles. The first kappa shape index (κ1) is 37.3. The van der Waals surface area contributed by atoms with Gasteiger partial charge < -0.3 is 0 Å². The van der Waals surface area contributed by atoms with Crippen molar-refractivity contribution in [2.45, 2.75) is 128 Å². The van der Waals surface area contributed by atoms with E-state index in [1.165, 1.54) is 80.2 Å². The van der Waals surface area contributed by atoms with Crippen LogP contribution < -0.4 is 9.47 Å². The van der Waals surface area contributed by atoms with Crippen LogP contribution in [0.25, 0.3) is 0 Å². The van der Waals surface area contributed by atoms with Crippen molar-refractivity contribution in [2.75, 3.05) is 26.4 Å². The maximum atomic E-state index is 6.65. The number of unbranched alkanes of at least 4 members (excludes halogenated alkanes) is 4. The summed E-state index contributed by atoms with van der Waals surface area (Å²) >= 11 is -5.84. The zero-order valence-electron chi connectivity index (χ0n) is 29.0. The van der Waals surface area contributed by atoms with Crippen LogP contribution in [0.15, 0.2) is 48.5 Å². The van der Waals surface area contributed by atoms with Gasteiger partial charge >= 0.3 is 286 Å². The Kier molecular flexibility index (Phi) is 15.2. The molecule has 0 spiro atoms. The molecule has 2 aromatic carbocycles. The monoisotopic (exact) mass is 840 g/mol. The molecular formula is C37H60O6Sn2. The Hall–Kier alpha value is -0.523. The van der Waals surface area contributed by atoms with Gasteiger partial charge in [0.05, 0.1) is 0 Å². The van der Waals surface area contributed by atoms with Crippen LogP contribution in [0, 0.1) is 0 Å². The predicted octanol–water partition coefficient (Wildman–Crippen LogP) is 9.69. The SMILES string of the molecule is CCC[CH2][Sn]1([CH2]CCC)[O]CC(COc2ccc(C(C)(C)c3ccc(OCC4C[O][Sn]([CH2]CCC)([CH2]CCC)[O]4)cc3)cc2)[O]1. The van der Waals surface area contributed by atoms with Crippen molar-refractivity contribution in [2.24, 2.45) is 0 Å². The Morgan fingerprint density at radius 1 is 0.578 bits per heavy atom. The molecule has 2 aliphatic heterocycles. The van der Waals surface area contributed by atoms with Gasteiger partial charge in [-0.2, -0.15) is 0 Å². The molecule has 6 nitrogen and oxygen atoms in total. The maximum absolute atomic E-state index is 6.65. The molecule has 0 aliphatic carbocycles. The average Bonchev–Trinajstić information content (AvgIpc) is 3.67. The van der Waals surface area contributed by atoms with E-state index in [0.29, 0.717) is 26.4 Å². The first-order valence-electron chi connectivity index (χ1n) is 17.9. The van der Waals surface area contributed by atoms with Gasteiger partial charge in [0.1, 0.15) is 0 Å². The van der Waals surface area contributed by atoms with Crippen molar-refractivity contribution >= 4 is 38.4 Å². The Morgan fingerprint density at radius 2 is 0.911 bits per heavy atom. The van der Waals surface area contributed by atoms with E-state index < -0.39 is 38.4 Å². The number of hydrogen-bond acceptors (Lipinski definition) is 6. The minimum atomic E-state index is -2.92. The zero-order valence-corrected chi connectivity index (χ0v) is 34.7. The topological polar surface area (TPSA) is 55.4 Å². The molecule has 0 bridgehead atoms. The molecule has 2 aromatic rings. The van der Waals surface area contributed by atoms with Crippen molar-refractivity contribution < 1.29 is 21.8 Å². The average molecular weight is 838 g/mol. The summed E-state index contributed by atoms with van der Waals surface area (Å²) in [4.78, 5) is 0. The van der Waals surface area contributed by atoms with Crippen molar-refractivity contribution in [1.82, 2.24) is 0 Å². The van der Waals surface area contributed by atoms with Crippen LogP contribution in [0.5, 0.6) is 11.5 Å². The third kappa shape index (κ3) is 10.7. The third-order valence-corrected chi connectivity index (χ3v) is 30.5. The van der Waals surface area contributed by atoms with Crippen LogP contribution in [0.4, 0.5) is 0 Å². The van der Waals surface area contributed by atoms with E-state index >= 15 is 0 Å². The molecule has 0 amide bonds. The first-order chi connectivity index (χ1) is 21.8. The first-order valence-corrected chi connectivity index (χ1v) is 30.6. The summed E-state index contributed by atoms with van der Waals surface area (Å²) < 4.78 is 43.2. The Morgan fingerprint density at radius 3 is 1.22 bits per heavy atom. The van der Waals surface area contributed by atoms with Gasteiger partial charge in [-0.1, -0.05) is 0 Å². The summed E-state index contributed by atoms with van der Waals surface area (Å²) in [5, 5.41) is 0. The molecule has 8 heteroatoms. The minimum absolute atomic E-state index is 0.0620. The van der Waals surface area contributed by atoms with Crippen LogP contribution >= 0.6 is 0 Å². The zero-order chi connectivity index (χ0) is 32.2. The van der Waals surface area contributed by atoms with E-state index in [2.05, 4.69) is 90.1 Å². The molecule has 4 rings (SSSR count).